The van der Waals surface area contributed by atoms with Gasteiger partial charge in [0.2, 0.25) is 0 Å². The van der Waals surface area contributed by atoms with Gasteiger partial charge in [-0.1, -0.05) is 6.07 Å². The van der Waals surface area contributed by atoms with Crippen LogP contribution in [0, 0.1) is 0 Å². The first-order valence-corrected chi connectivity index (χ1v) is 6.68. The molecule has 1 aromatic carbocycles. The normalized spacial score (nSPS) is 24.6. The second-order valence-corrected chi connectivity index (χ2v) is 5.38. The molecule has 0 bridgehead atoms. The van der Waals surface area contributed by atoms with Gasteiger partial charge in [0.05, 0.1) is 16.7 Å². The Hall–Kier alpha value is -0.620. The van der Waals surface area contributed by atoms with Crippen molar-refractivity contribution in [2.24, 2.45) is 0 Å². The van der Waals surface area contributed by atoms with Gasteiger partial charge in [0.1, 0.15) is 5.75 Å². The molecule has 100 valence electrons. The zero-order valence-electron chi connectivity index (χ0n) is 10.6. The average molecular weight is 316 g/mol. The predicted molar refractivity (Wildman–Crippen MR) is 72.7 cm³/mol. The molecule has 1 N–H and O–H groups in total. The fourth-order valence-corrected chi connectivity index (χ4v) is 2.73. The van der Waals surface area contributed by atoms with E-state index < -0.39 is 0 Å². The first-order chi connectivity index (χ1) is 8.63. The fraction of sp³-hybridized carbons (Fsp3) is 0.538. The molecule has 1 saturated heterocycles. The van der Waals surface area contributed by atoms with Crippen LogP contribution in [0.5, 0.6) is 5.75 Å². The number of hydrogen-bond acceptors (Lipinski definition) is 4. The number of ether oxygens (including phenoxy) is 2. The van der Waals surface area contributed by atoms with Gasteiger partial charge in [0, 0.05) is 33.9 Å². The van der Waals surface area contributed by atoms with E-state index in [2.05, 4.69) is 20.8 Å². The quantitative estimate of drug-likeness (QED) is 0.923. The van der Waals surface area contributed by atoms with E-state index in [0.717, 1.165) is 29.7 Å². The maximum absolute atomic E-state index is 9.46. The Morgan fingerprint density at radius 2 is 1.89 bits per heavy atom. The number of rotatable bonds is 4. The third-order valence-electron chi connectivity index (χ3n) is 3.31. The number of methoxy groups -OCH3 is 2. The lowest BCUT2D eigenvalue weighted by atomic mass is 10.2. The molecule has 1 fully saturated rings. The molecule has 4 nitrogen and oxygen atoms in total. The fourth-order valence-electron chi connectivity index (χ4n) is 2.31. The van der Waals surface area contributed by atoms with Crippen LogP contribution in [0.2, 0.25) is 0 Å². The molecule has 0 radical (unpaired) electrons. The number of hydrogen-bond donors (Lipinski definition) is 1. The van der Waals surface area contributed by atoms with Crippen LogP contribution < -0.4 is 0 Å². The van der Waals surface area contributed by atoms with Crippen molar-refractivity contribution in [1.82, 2.24) is 4.90 Å². The second-order valence-electron chi connectivity index (χ2n) is 4.53. The van der Waals surface area contributed by atoms with E-state index in [1.165, 1.54) is 0 Å². The van der Waals surface area contributed by atoms with Crippen LogP contribution in [0.3, 0.4) is 0 Å². The van der Waals surface area contributed by atoms with Crippen LogP contribution >= 0.6 is 15.9 Å². The van der Waals surface area contributed by atoms with Gasteiger partial charge in [-0.3, -0.25) is 4.90 Å². The summed E-state index contributed by atoms with van der Waals surface area (Å²) in [5.41, 5.74) is 1.16. The molecule has 0 aliphatic carbocycles. The lowest BCUT2D eigenvalue weighted by molar-refractivity contribution is -0.00461. The smallest absolute Gasteiger partial charge is 0.129 e. The summed E-state index contributed by atoms with van der Waals surface area (Å²) in [6.45, 7) is 2.57. The molecule has 1 aromatic rings. The molecule has 2 atom stereocenters. The summed E-state index contributed by atoms with van der Waals surface area (Å²) in [4.78, 5) is 2.29. The summed E-state index contributed by atoms with van der Waals surface area (Å²) >= 11 is 3.33. The number of halogens is 1. The summed E-state index contributed by atoms with van der Waals surface area (Å²) in [5.74, 6) is 0.268. The molecule has 0 saturated carbocycles. The van der Waals surface area contributed by atoms with Gasteiger partial charge in [0.15, 0.2) is 0 Å². The maximum atomic E-state index is 9.46. The number of likely N-dealkylation sites (tertiary alicyclic amines) is 1. The van der Waals surface area contributed by atoms with Crippen LogP contribution in [0.1, 0.15) is 5.56 Å². The topological polar surface area (TPSA) is 41.9 Å². The zero-order chi connectivity index (χ0) is 13.1. The number of nitrogens with zero attached hydrogens (tertiary/aromatic N) is 1. The summed E-state index contributed by atoms with van der Waals surface area (Å²) in [6.07, 6.45) is 0.270. The monoisotopic (exact) mass is 315 g/mol. The van der Waals surface area contributed by atoms with Gasteiger partial charge in [-0.2, -0.15) is 0 Å². The second kappa shape index (κ2) is 6.02. The van der Waals surface area contributed by atoms with Crippen molar-refractivity contribution < 1.29 is 14.6 Å². The first-order valence-electron chi connectivity index (χ1n) is 5.89. The number of aromatic hydroxyl groups is 1. The highest BCUT2D eigenvalue weighted by atomic mass is 79.9. The lowest BCUT2D eigenvalue weighted by Gasteiger charge is -2.15. The van der Waals surface area contributed by atoms with E-state index in [1.807, 2.05) is 12.1 Å². The largest absolute Gasteiger partial charge is 0.507 e. The molecular formula is C13H18BrNO3. The number of phenols is 1. The summed E-state index contributed by atoms with van der Waals surface area (Å²) in [6, 6.07) is 5.58. The third-order valence-corrected chi connectivity index (χ3v) is 3.95. The molecule has 0 spiro atoms. The minimum absolute atomic E-state index is 0.135. The van der Waals surface area contributed by atoms with Crippen molar-refractivity contribution in [2.45, 2.75) is 18.8 Å². The first kappa shape index (κ1) is 13.8. The minimum Gasteiger partial charge on any atom is -0.507 e. The third kappa shape index (κ3) is 3.03. The van der Waals surface area contributed by atoms with Crippen molar-refractivity contribution in [3.8, 4) is 5.75 Å². The van der Waals surface area contributed by atoms with Gasteiger partial charge >= 0.3 is 0 Å². The summed E-state index contributed by atoms with van der Waals surface area (Å²) in [5, 5.41) is 9.46. The van der Waals surface area contributed by atoms with E-state index in [9.17, 15) is 5.11 Å². The molecule has 1 aliphatic heterocycles. The van der Waals surface area contributed by atoms with Gasteiger partial charge in [0.25, 0.3) is 0 Å². The molecule has 0 aromatic heterocycles. The van der Waals surface area contributed by atoms with E-state index in [0.29, 0.717) is 0 Å². The molecular weight excluding hydrogens is 298 g/mol. The SMILES string of the molecule is COC1CN(Cc2ccc(O)c(Br)c2)CC1OC. The number of phenolic OH excluding ortho intramolecular Hbond substituents is 1. The Morgan fingerprint density at radius 3 is 2.39 bits per heavy atom. The molecule has 18 heavy (non-hydrogen) atoms. The van der Waals surface area contributed by atoms with Gasteiger partial charge in [-0.05, 0) is 33.6 Å². The van der Waals surface area contributed by atoms with Gasteiger partial charge < -0.3 is 14.6 Å². The van der Waals surface area contributed by atoms with Crippen molar-refractivity contribution in [3.05, 3.63) is 28.2 Å². The Kier molecular flexibility index (Phi) is 4.61. The average Bonchev–Trinajstić information content (AvgIpc) is 2.76. The molecule has 0 amide bonds. The highest BCUT2D eigenvalue weighted by Crippen LogP contribution is 2.26. The summed E-state index contributed by atoms with van der Waals surface area (Å²) < 4.78 is 11.5. The van der Waals surface area contributed by atoms with E-state index >= 15 is 0 Å². The minimum atomic E-state index is 0.135. The van der Waals surface area contributed by atoms with Crippen LogP contribution in [-0.4, -0.2) is 49.5 Å². The van der Waals surface area contributed by atoms with Crippen LogP contribution in [0.4, 0.5) is 0 Å². The Balaban J connectivity index is 2.00. The zero-order valence-corrected chi connectivity index (χ0v) is 12.2. The van der Waals surface area contributed by atoms with E-state index in [4.69, 9.17) is 9.47 Å². The Bertz CT molecular complexity index is 401. The van der Waals surface area contributed by atoms with Crippen LogP contribution in [0.25, 0.3) is 0 Å². The Morgan fingerprint density at radius 1 is 1.28 bits per heavy atom. The molecule has 2 unspecified atom stereocenters. The molecule has 1 heterocycles. The van der Waals surface area contributed by atoms with E-state index in [-0.39, 0.29) is 18.0 Å². The van der Waals surface area contributed by atoms with Gasteiger partial charge in [-0.25, -0.2) is 0 Å². The van der Waals surface area contributed by atoms with Crippen molar-refractivity contribution in [2.75, 3.05) is 27.3 Å². The van der Waals surface area contributed by atoms with Gasteiger partial charge in [-0.15, -0.1) is 0 Å². The van der Waals surface area contributed by atoms with Crippen molar-refractivity contribution >= 4 is 15.9 Å². The standard InChI is InChI=1S/C13H18BrNO3/c1-17-12-7-15(8-13(12)18-2)6-9-3-4-11(16)10(14)5-9/h3-5,12-13,16H,6-8H2,1-2H3. The highest BCUT2D eigenvalue weighted by Gasteiger charge is 2.32. The molecule has 1 aliphatic rings. The predicted octanol–water partition coefficient (Wildman–Crippen LogP) is 2.00. The van der Waals surface area contributed by atoms with Crippen molar-refractivity contribution in [3.63, 3.8) is 0 Å². The lowest BCUT2D eigenvalue weighted by Crippen LogP contribution is -2.27. The van der Waals surface area contributed by atoms with Crippen LogP contribution in [-0.2, 0) is 16.0 Å². The molecule has 5 heteroatoms. The number of benzene rings is 1. The highest BCUT2D eigenvalue weighted by molar-refractivity contribution is 9.10. The maximum Gasteiger partial charge on any atom is 0.129 e. The summed E-state index contributed by atoms with van der Waals surface area (Å²) in [7, 11) is 3.44. The van der Waals surface area contributed by atoms with E-state index in [1.54, 1.807) is 20.3 Å². The van der Waals surface area contributed by atoms with Crippen LogP contribution in [0.15, 0.2) is 22.7 Å². The van der Waals surface area contributed by atoms with Crippen molar-refractivity contribution in [1.29, 1.82) is 0 Å². The molecule has 2 rings (SSSR count). The Labute approximate surface area is 116 Å².